The van der Waals surface area contributed by atoms with Gasteiger partial charge in [0.05, 0.1) is 6.54 Å². The van der Waals surface area contributed by atoms with Gasteiger partial charge in [-0.25, -0.2) is 0 Å². The Bertz CT molecular complexity index is 348. The van der Waals surface area contributed by atoms with Crippen LogP contribution >= 0.6 is 15.9 Å². The molecule has 14 heavy (non-hydrogen) atoms. The Hall–Kier alpha value is -1.30. The summed E-state index contributed by atoms with van der Waals surface area (Å²) < 4.78 is 0.794. The van der Waals surface area contributed by atoms with E-state index in [2.05, 4.69) is 31.5 Å². The van der Waals surface area contributed by atoms with Crippen molar-refractivity contribution in [2.75, 3.05) is 13.6 Å². The molecule has 0 bridgehead atoms. The minimum atomic E-state index is -0.306. The first-order valence-electron chi connectivity index (χ1n) is 3.96. The number of halogens is 1. The highest BCUT2D eigenvalue weighted by Gasteiger charge is 2.08. The summed E-state index contributed by atoms with van der Waals surface area (Å²) in [5.41, 5.74) is 0.417. The van der Waals surface area contributed by atoms with Gasteiger partial charge < -0.3 is 15.6 Å². The third kappa shape index (κ3) is 2.88. The second-order valence-electron chi connectivity index (χ2n) is 2.59. The van der Waals surface area contributed by atoms with Crippen LogP contribution in [-0.4, -0.2) is 30.4 Å². The van der Waals surface area contributed by atoms with Crippen LogP contribution in [-0.2, 0) is 4.79 Å². The zero-order valence-electron chi connectivity index (χ0n) is 7.56. The van der Waals surface area contributed by atoms with Crippen molar-refractivity contribution in [3.05, 3.63) is 22.4 Å². The van der Waals surface area contributed by atoms with E-state index in [-0.39, 0.29) is 18.4 Å². The van der Waals surface area contributed by atoms with Gasteiger partial charge in [-0.1, -0.05) is 0 Å². The van der Waals surface area contributed by atoms with Gasteiger partial charge in [-0.05, 0) is 22.0 Å². The number of aromatic amines is 1. The number of carbonyl (C=O) groups excluding carboxylic acids is 2. The lowest BCUT2D eigenvalue weighted by Crippen LogP contribution is -2.35. The summed E-state index contributed by atoms with van der Waals surface area (Å²) in [7, 11) is 1.51. The Morgan fingerprint density at radius 2 is 2.29 bits per heavy atom. The van der Waals surface area contributed by atoms with Crippen LogP contribution in [0.3, 0.4) is 0 Å². The normalized spacial score (nSPS) is 9.57. The number of H-pyrrole nitrogens is 1. The number of amides is 2. The predicted molar refractivity (Wildman–Crippen MR) is 54.9 cm³/mol. The summed E-state index contributed by atoms with van der Waals surface area (Å²) in [4.78, 5) is 24.9. The molecule has 76 valence electrons. The van der Waals surface area contributed by atoms with Gasteiger partial charge in [0.15, 0.2) is 0 Å². The Labute approximate surface area is 89.4 Å². The van der Waals surface area contributed by atoms with Gasteiger partial charge >= 0.3 is 0 Å². The van der Waals surface area contributed by atoms with Crippen molar-refractivity contribution in [3.8, 4) is 0 Å². The largest absolute Gasteiger partial charge is 0.358 e. The van der Waals surface area contributed by atoms with E-state index >= 15 is 0 Å². The van der Waals surface area contributed by atoms with Crippen LogP contribution in [0.2, 0.25) is 0 Å². The number of hydrogen-bond donors (Lipinski definition) is 3. The van der Waals surface area contributed by atoms with Crippen molar-refractivity contribution in [1.82, 2.24) is 15.6 Å². The van der Waals surface area contributed by atoms with Crippen LogP contribution in [0.25, 0.3) is 0 Å². The standard InChI is InChI=1S/C8H10BrN3O2/c1-10-7(13)4-12-8(14)6-2-5(9)3-11-6/h2-3,11H,4H2,1H3,(H,10,13)(H,12,14). The van der Waals surface area contributed by atoms with E-state index in [0.29, 0.717) is 5.69 Å². The number of nitrogens with one attached hydrogen (secondary N) is 3. The van der Waals surface area contributed by atoms with Gasteiger partial charge in [0, 0.05) is 17.7 Å². The molecule has 0 fully saturated rings. The van der Waals surface area contributed by atoms with Gasteiger partial charge in [-0.15, -0.1) is 0 Å². The third-order valence-corrected chi connectivity index (χ3v) is 2.04. The molecule has 0 saturated heterocycles. The Morgan fingerprint density at radius 3 is 2.79 bits per heavy atom. The van der Waals surface area contributed by atoms with Crippen LogP contribution in [0.5, 0.6) is 0 Å². The minimum Gasteiger partial charge on any atom is -0.358 e. The van der Waals surface area contributed by atoms with Crippen molar-refractivity contribution in [1.29, 1.82) is 0 Å². The Balaban J connectivity index is 2.47. The van der Waals surface area contributed by atoms with Crippen molar-refractivity contribution in [2.24, 2.45) is 0 Å². The molecule has 2 amide bonds. The minimum absolute atomic E-state index is 0.0219. The molecule has 0 atom stereocenters. The zero-order valence-corrected chi connectivity index (χ0v) is 9.14. The molecule has 1 heterocycles. The molecule has 1 rings (SSSR count). The maximum Gasteiger partial charge on any atom is 0.268 e. The molecule has 1 aromatic heterocycles. The van der Waals surface area contributed by atoms with Crippen LogP contribution in [0.15, 0.2) is 16.7 Å². The number of hydrogen-bond acceptors (Lipinski definition) is 2. The molecule has 0 aliphatic heterocycles. The van der Waals surface area contributed by atoms with Crippen molar-refractivity contribution >= 4 is 27.7 Å². The van der Waals surface area contributed by atoms with Gasteiger partial charge in [-0.3, -0.25) is 9.59 Å². The molecule has 0 aliphatic rings. The van der Waals surface area contributed by atoms with Crippen molar-refractivity contribution < 1.29 is 9.59 Å². The van der Waals surface area contributed by atoms with Crippen LogP contribution < -0.4 is 10.6 Å². The summed E-state index contributed by atoms with van der Waals surface area (Å²) in [6, 6.07) is 1.64. The highest BCUT2D eigenvalue weighted by molar-refractivity contribution is 9.10. The summed E-state index contributed by atoms with van der Waals surface area (Å²) in [5.74, 6) is -0.539. The average molecular weight is 260 g/mol. The van der Waals surface area contributed by atoms with Crippen LogP contribution in [0, 0.1) is 0 Å². The first-order valence-corrected chi connectivity index (χ1v) is 4.75. The lowest BCUT2D eigenvalue weighted by molar-refractivity contribution is -0.119. The fourth-order valence-corrected chi connectivity index (χ4v) is 1.19. The number of carbonyl (C=O) groups is 2. The maximum absolute atomic E-state index is 11.3. The van der Waals surface area contributed by atoms with Crippen LogP contribution in [0.1, 0.15) is 10.5 Å². The third-order valence-electron chi connectivity index (χ3n) is 1.58. The van der Waals surface area contributed by atoms with Crippen molar-refractivity contribution in [3.63, 3.8) is 0 Å². The molecule has 0 aromatic carbocycles. The molecular formula is C8H10BrN3O2. The summed E-state index contributed by atoms with van der Waals surface area (Å²) in [6.45, 7) is -0.0219. The van der Waals surface area contributed by atoms with E-state index in [9.17, 15) is 9.59 Å². The molecule has 0 radical (unpaired) electrons. The highest BCUT2D eigenvalue weighted by atomic mass is 79.9. The molecule has 1 aromatic rings. The second-order valence-corrected chi connectivity index (χ2v) is 3.50. The summed E-state index contributed by atoms with van der Waals surface area (Å²) >= 11 is 3.20. The van der Waals surface area contributed by atoms with E-state index in [0.717, 1.165) is 4.47 Å². The molecule has 0 spiro atoms. The van der Waals surface area contributed by atoms with Gasteiger partial charge in [0.25, 0.3) is 5.91 Å². The first kappa shape index (κ1) is 10.8. The second kappa shape index (κ2) is 4.80. The molecule has 6 heteroatoms. The summed E-state index contributed by atoms with van der Waals surface area (Å²) in [5, 5.41) is 4.86. The molecular weight excluding hydrogens is 250 g/mol. The number of rotatable bonds is 3. The Kier molecular flexibility index (Phi) is 3.70. The average Bonchev–Trinajstić information content (AvgIpc) is 2.60. The van der Waals surface area contributed by atoms with Crippen molar-refractivity contribution in [2.45, 2.75) is 0 Å². The van der Waals surface area contributed by atoms with E-state index in [1.807, 2.05) is 0 Å². The Morgan fingerprint density at radius 1 is 1.57 bits per heavy atom. The fourth-order valence-electron chi connectivity index (χ4n) is 0.843. The predicted octanol–water partition coefficient (Wildman–Crippen LogP) is 0.253. The molecule has 5 nitrogen and oxygen atoms in total. The van der Waals surface area contributed by atoms with Gasteiger partial charge in [0.1, 0.15) is 5.69 Å². The lowest BCUT2D eigenvalue weighted by Gasteiger charge is -2.01. The topological polar surface area (TPSA) is 74.0 Å². The zero-order chi connectivity index (χ0) is 10.6. The van der Waals surface area contributed by atoms with E-state index in [1.54, 1.807) is 12.3 Å². The quantitative estimate of drug-likeness (QED) is 0.729. The van der Waals surface area contributed by atoms with E-state index in [1.165, 1.54) is 7.05 Å². The maximum atomic E-state index is 11.3. The SMILES string of the molecule is CNC(=O)CNC(=O)c1cc(Br)c[nH]1. The van der Waals surface area contributed by atoms with Gasteiger partial charge in [0.2, 0.25) is 5.91 Å². The fraction of sp³-hybridized carbons (Fsp3) is 0.250. The van der Waals surface area contributed by atoms with E-state index < -0.39 is 0 Å². The smallest absolute Gasteiger partial charge is 0.268 e. The number of aromatic nitrogens is 1. The first-order chi connectivity index (χ1) is 6.63. The lowest BCUT2D eigenvalue weighted by atomic mass is 10.4. The number of likely N-dealkylation sites (N-methyl/N-ethyl adjacent to an activating group) is 1. The van der Waals surface area contributed by atoms with Gasteiger partial charge in [-0.2, -0.15) is 0 Å². The monoisotopic (exact) mass is 259 g/mol. The molecule has 0 saturated carbocycles. The van der Waals surface area contributed by atoms with Crippen LogP contribution in [0.4, 0.5) is 0 Å². The highest BCUT2D eigenvalue weighted by Crippen LogP contribution is 2.09. The molecule has 3 N–H and O–H groups in total. The molecule has 0 aliphatic carbocycles. The summed E-state index contributed by atoms with van der Waals surface area (Å²) in [6.07, 6.45) is 1.65. The van der Waals surface area contributed by atoms with E-state index in [4.69, 9.17) is 0 Å². The molecule has 0 unspecified atom stereocenters.